The third-order valence-electron chi connectivity index (χ3n) is 5.84. The number of anilines is 2. The minimum absolute atomic E-state index is 0. The van der Waals surface area contributed by atoms with Crippen LogP contribution in [0.3, 0.4) is 0 Å². The van der Waals surface area contributed by atoms with Crippen LogP contribution in [0.15, 0.2) is 85.5 Å². The van der Waals surface area contributed by atoms with E-state index in [-0.39, 0.29) is 83.7 Å². The van der Waals surface area contributed by atoms with Gasteiger partial charge in [0.1, 0.15) is 0 Å². The largest absolute Gasteiger partial charge is 0.508 e. The number of nitrogens with zero attached hydrogens (tertiary/aromatic N) is 4. The second kappa shape index (κ2) is 23.9. The van der Waals surface area contributed by atoms with Crippen LogP contribution in [-0.4, -0.2) is 57.6 Å². The average molecular weight is 937 g/mol. The molecular formula is C32H46N6O2Pt2-6. The van der Waals surface area contributed by atoms with Gasteiger partial charge in [-0.1, -0.05) is 49.2 Å². The SMILES string of the molecule is O=C(CN1C=CN(CCCCCCN2C=CN(CC(=O)Nc3ccccc3)[CH-]2)[CH-]1)Nc1ccccc1.[CH3-].[CH3-].[CH3-].[CH3-].[Pt].[Pt]. The van der Waals surface area contributed by atoms with Gasteiger partial charge in [-0.05, 0) is 75.0 Å². The van der Waals surface area contributed by atoms with Crippen molar-refractivity contribution in [1.82, 2.24) is 19.6 Å². The van der Waals surface area contributed by atoms with Crippen molar-refractivity contribution in [2.24, 2.45) is 0 Å². The van der Waals surface area contributed by atoms with Crippen LogP contribution >= 0.6 is 0 Å². The van der Waals surface area contributed by atoms with Gasteiger partial charge in [0.15, 0.2) is 0 Å². The van der Waals surface area contributed by atoms with Crippen LogP contribution in [0.25, 0.3) is 0 Å². The molecule has 0 fully saturated rings. The topological polar surface area (TPSA) is 71.2 Å². The number of rotatable bonds is 13. The molecule has 0 spiro atoms. The minimum atomic E-state index is -0.0351. The van der Waals surface area contributed by atoms with Gasteiger partial charge in [-0.3, -0.25) is 9.59 Å². The first-order chi connectivity index (χ1) is 17.6. The number of nitrogens with one attached hydrogen (secondary N) is 2. The van der Waals surface area contributed by atoms with Crippen LogP contribution in [0, 0.1) is 43.0 Å². The second-order valence-electron chi connectivity index (χ2n) is 8.89. The van der Waals surface area contributed by atoms with Gasteiger partial charge < -0.3 is 59.9 Å². The molecular weight excluding hydrogens is 891 g/mol. The van der Waals surface area contributed by atoms with Gasteiger partial charge in [0.25, 0.3) is 0 Å². The molecule has 0 saturated heterocycles. The van der Waals surface area contributed by atoms with Crippen molar-refractivity contribution in [2.75, 3.05) is 36.8 Å². The van der Waals surface area contributed by atoms with Crippen molar-refractivity contribution in [3.05, 3.63) is 129 Å². The minimum Gasteiger partial charge on any atom is -0.508 e. The summed E-state index contributed by atoms with van der Waals surface area (Å²) < 4.78 is 0. The molecule has 2 aromatic rings. The summed E-state index contributed by atoms with van der Waals surface area (Å²) in [4.78, 5) is 32.5. The molecule has 0 aliphatic carbocycles. The Hall–Kier alpha value is -2.56. The van der Waals surface area contributed by atoms with Gasteiger partial charge in [0, 0.05) is 53.5 Å². The summed E-state index contributed by atoms with van der Waals surface area (Å²) >= 11 is 0. The Labute approximate surface area is 284 Å². The monoisotopic (exact) mass is 936 g/mol. The van der Waals surface area contributed by atoms with Crippen LogP contribution in [0.5, 0.6) is 0 Å². The zero-order valence-corrected chi connectivity index (χ0v) is 29.7. The van der Waals surface area contributed by atoms with Gasteiger partial charge in [-0.15, -0.1) is 0 Å². The fourth-order valence-corrected chi connectivity index (χ4v) is 4.05. The number of hydrogen-bond donors (Lipinski definition) is 2. The third-order valence-corrected chi connectivity index (χ3v) is 5.84. The van der Waals surface area contributed by atoms with E-state index in [9.17, 15) is 9.59 Å². The number of unbranched alkanes of at least 4 members (excludes halogenated alkanes) is 3. The summed E-state index contributed by atoms with van der Waals surface area (Å²) in [6.07, 6.45) is 12.4. The first-order valence-corrected chi connectivity index (χ1v) is 12.4. The van der Waals surface area contributed by atoms with E-state index in [0.29, 0.717) is 13.1 Å². The van der Waals surface area contributed by atoms with Crippen molar-refractivity contribution in [2.45, 2.75) is 25.7 Å². The van der Waals surface area contributed by atoms with Gasteiger partial charge in [-0.25, -0.2) is 0 Å². The molecule has 2 N–H and O–H groups in total. The smallest absolute Gasteiger partial charge is 0.241 e. The van der Waals surface area contributed by atoms with E-state index >= 15 is 0 Å². The molecule has 2 aliphatic rings. The van der Waals surface area contributed by atoms with Crippen molar-refractivity contribution in [3.63, 3.8) is 0 Å². The third kappa shape index (κ3) is 15.6. The van der Waals surface area contributed by atoms with E-state index in [2.05, 4.69) is 20.4 Å². The van der Waals surface area contributed by atoms with Gasteiger partial charge >= 0.3 is 0 Å². The summed E-state index contributed by atoms with van der Waals surface area (Å²) in [5.41, 5.74) is 1.62. The maximum atomic E-state index is 12.2. The number of carbonyl (C=O) groups is 2. The van der Waals surface area contributed by atoms with Crippen molar-refractivity contribution in [1.29, 1.82) is 0 Å². The summed E-state index contributed by atoms with van der Waals surface area (Å²) in [6.45, 7) is 6.44. The molecule has 4 rings (SSSR count). The first kappa shape index (κ1) is 43.9. The number of benzene rings is 2. The molecule has 8 nitrogen and oxygen atoms in total. The van der Waals surface area contributed by atoms with E-state index < -0.39 is 0 Å². The van der Waals surface area contributed by atoms with E-state index in [0.717, 1.165) is 50.1 Å². The first-order valence-electron chi connectivity index (χ1n) is 12.4. The summed E-state index contributed by atoms with van der Waals surface area (Å²) in [7, 11) is 0. The van der Waals surface area contributed by atoms with Crippen molar-refractivity contribution >= 4 is 23.2 Å². The normalized spacial score (nSPS) is 12.5. The molecule has 0 aromatic heterocycles. The van der Waals surface area contributed by atoms with Gasteiger partial charge in [0.05, 0.1) is 13.1 Å². The molecule has 42 heavy (non-hydrogen) atoms. The predicted octanol–water partition coefficient (Wildman–Crippen LogP) is 6.04. The molecule has 0 saturated carbocycles. The number of amides is 2. The Balaban J connectivity index is -0.00000253. The predicted molar refractivity (Wildman–Crippen MR) is 168 cm³/mol. The Kier molecular flexibility index (Phi) is 25.0. The molecule has 10 heteroatoms. The molecule has 0 bridgehead atoms. The zero-order valence-electron chi connectivity index (χ0n) is 25.1. The molecule has 0 radical (unpaired) electrons. The van der Waals surface area contributed by atoms with E-state index in [1.165, 1.54) is 0 Å². The van der Waals surface area contributed by atoms with E-state index in [4.69, 9.17) is 0 Å². The van der Waals surface area contributed by atoms with E-state index in [1.807, 2.05) is 109 Å². The Morgan fingerprint density at radius 2 is 0.857 bits per heavy atom. The molecule has 2 aromatic carbocycles. The molecule has 0 unspecified atom stereocenters. The van der Waals surface area contributed by atoms with Crippen molar-refractivity contribution in [3.8, 4) is 0 Å². The average Bonchev–Trinajstić information content (AvgIpc) is 3.51. The molecule has 2 aliphatic heterocycles. The van der Waals surface area contributed by atoms with Crippen LogP contribution in [0.2, 0.25) is 0 Å². The van der Waals surface area contributed by atoms with Crippen LogP contribution in [-0.2, 0) is 51.7 Å². The van der Waals surface area contributed by atoms with Crippen LogP contribution in [0.1, 0.15) is 25.7 Å². The fraction of sp³-hybridized carbons (Fsp3) is 0.250. The van der Waals surface area contributed by atoms with Gasteiger partial charge in [0.2, 0.25) is 11.8 Å². The van der Waals surface area contributed by atoms with Crippen LogP contribution in [0.4, 0.5) is 11.4 Å². The Bertz CT molecular complexity index is 956. The quantitative estimate of drug-likeness (QED) is 0.189. The van der Waals surface area contributed by atoms with Crippen LogP contribution < -0.4 is 10.6 Å². The maximum Gasteiger partial charge on any atom is 0.241 e. The number of para-hydroxylation sites is 2. The number of hydrogen-bond acceptors (Lipinski definition) is 6. The standard InChI is InChI=1S/C28H34N6O2.4CH3.2Pt/c35-27(29-25-11-5-3-6-12-25)21-33-19-17-31(23-33)15-9-1-2-10-16-32-18-20-34(24-32)22-28(36)30-26-13-7-4-8-14-26;;;;;;/h3-8,11-14,17-20,23-24H,1-2,9-10,15-16,21-22H2,(H,29,35)(H,30,36);4*1H3;;/q-2;4*-1;;. The molecule has 242 valence electrons. The van der Waals surface area contributed by atoms with Gasteiger partial charge in [-0.2, -0.15) is 13.3 Å². The summed E-state index contributed by atoms with van der Waals surface area (Å²) in [5, 5.41) is 5.82. The molecule has 0 atom stereocenters. The van der Waals surface area contributed by atoms with E-state index in [1.54, 1.807) is 0 Å². The molecule has 2 heterocycles. The summed E-state index contributed by atoms with van der Waals surface area (Å²) in [6, 6.07) is 19.0. The fourth-order valence-electron chi connectivity index (χ4n) is 4.05. The number of carbonyl (C=O) groups excluding carboxylic acids is 2. The Morgan fingerprint density at radius 3 is 1.21 bits per heavy atom. The molecule has 2 amide bonds. The summed E-state index contributed by atoms with van der Waals surface area (Å²) in [5.74, 6) is -0.0702. The maximum absolute atomic E-state index is 12.2. The Morgan fingerprint density at radius 1 is 0.524 bits per heavy atom. The second-order valence-corrected chi connectivity index (χ2v) is 8.89. The van der Waals surface area contributed by atoms with Crippen molar-refractivity contribution < 1.29 is 51.7 Å². The zero-order chi connectivity index (χ0) is 25.0.